The molecule has 2 N–H and O–H groups in total. The first kappa shape index (κ1) is 22.3. The maximum atomic E-state index is 5.94. The fourth-order valence-electron chi connectivity index (χ4n) is 3.95. The number of rotatable bonds is 7. The summed E-state index contributed by atoms with van der Waals surface area (Å²) in [6.45, 7) is 2.06. The lowest BCUT2D eigenvalue weighted by Gasteiger charge is -2.26. The van der Waals surface area contributed by atoms with Gasteiger partial charge in [0.2, 0.25) is 11.9 Å². The molecule has 1 aliphatic rings. The van der Waals surface area contributed by atoms with Crippen LogP contribution in [-0.2, 0) is 0 Å². The average Bonchev–Trinajstić information content (AvgIpc) is 3.22. The van der Waals surface area contributed by atoms with E-state index >= 15 is 0 Å². The zero-order valence-corrected chi connectivity index (χ0v) is 19.8. The highest BCUT2D eigenvalue weighted by Crippen LogP contribution is 2.40. The first-order chi connectivity index (χ1) is 15.5. The Hall–Kier alpha value is -2.88. The first-order valence-corrected chi connectivity index (χ1v) is 11.8. The first-order valence-electron chi connectivity index (χ1n) is 10.9. The van der Waals surface area contributed by atoms with Gasteiger partial charge in [-0.05, 0) is 44.0 Å². The van der Waals surface area contributed by atoms with Gasteiger partial charge < -0.3 is 15.4 Å². The van der Waals surface area contributed by atoms with E-state index < -0.39 is 0 Å². The standard InChI is InChI=1S/C22H30N8OS/c1-14(18-24-20(23)26-21(25-18)29(2)3)32-22-28-27-19(15-10-12-17(31-4)13-11-15)30(22)16-8-6-5-7-9-16/h10-14,16H,5-9H2,1-4H3,(H2,23,24,25,26). The lowest BCUT2D eigenvalue weighted by atomic mass is 9.95. The molecule has 4 rings (SSSR count). The minimum Gasteiger partial charge on any atom is -0.497 e. The molecule has 9 nitrogen and oxygen atoms in total. The normalized spacial score (nSPS) is 15.5. The van der Waals surface area contributed by atoms with E-state index in [1.54, 1.807) is 18.9 Å². The van der Waals surface area contributed by atoms with Gasteiger partial charge in [-0.1, -0.05) is 31.0 Å². The van der Waals surface area contributed by atoms with Crippen LogP contribution in [0.15, 0.2) is 29.4 Å². The molecule has 2 heterocycles. The Morgan fingerprint density at radius 1 is 1.06 bits per heavy atom. The smallest absolute Gasteiger partial charge is 0.229 e. The molecule has 0 bridgehead atoms. The van der Waals surface area contributed by atoms with E-state index in [1.807, 2.05) is 43.3 Å². The van der Waals surface area contributed by atoms with Gasteiger partial charge in [-0.3, -0.25) is 4.57 Å². The molecule has 0 radical (unpaired) electrons. The molecule has 1 saturated carbocycles. The van der Waals surface area contributed by atoms with Crippen molar-refractivity contribution in [1.82, 2.24) is 29.7 Å². The number of benzene rings is 1. The van der Waals surface area contributed by atoms with Crippen LogP contribution in [0.2, 0.25) is 0 Å². The monoisotopic (exact) mass is 454 g/mol. The number of thioether (sulfide) groups is 1. The van der Waals surface area contributed by atoms with E-state index in [4.69, 9.17) is 10.5 Å². The SMILES string of the molecule is COc1ccc(-c2nnc(SC(C)c3nc(N)nc(N(C)C)n3)n2C2CCCCC2)cc1. The predicted octanol–water partition coefficient (Wildman–Crippen LogP) is 4.15. The van der Waals surface area contributed by atoms with Crippen molar-refractivity contribution in [1.29, 1.82) is 0 Å². The van der Waals surface area contributed by atoms with E-state index in [0.29, 0.717) is 17.8 Å². The minimum atomic E-state index is -0.0609. The highest BCUT2D eigenvalue weighted by atomic mass is 32.2. The molecule has 170 valence electrons. The number of anilines is 2. The number of nitrogens with two attached hydrogens (primary N) is 1. The molecule has 3 aromatic rings. The van der Waals surface area contributed by atoms with E-state index in [-0.39, 0.29) is 11.2 Å². The lowest BCUT2D eigenvalue weighted by Crippen LogP contribution is -2.17. The van der Waals surface area contributed by atoms with Gasteiger partial charge in [0.1, 0.15) is 11.6 Å². The molecule has 2 aromatic heterocycles. The van der Waals surface area contributed by atoms with Crippen LogP contribution in [0.3, 0.4) is 0 Å². The van der Waals surface area contributed by atoms with Crippen molar-refractivity contribution in [3.05, 3.63) is 30.1 Å². The second kappa shape index (κ2) is 9.72. The Balaban J connectivity index is 1.68. The van der Waals surface area contributed by atoms with Gasteiger partial charge in [-0.15, -0.1) is 10.2 Å². The third-order valence-electron chi connectivity index (χ3n) is 5.66. The summed E-state index contributed by atoms with van der Waals surface area (Å²) in [5.41, 5.74) is 6.97. The largest absolute Gasteiger partial charge is 0.497 e. The zero-order valence-electron chi connectivity index (χ0n) is 19.0. The highest BCUT2D eigenvalue weighted by molar-refractivity contribution is 7.99. The fourth-order valence-corrected chi connectivity index (χ4v) is 4.92. The molecule has 10 heteroatoms. The van der Waals surface area contributed by atoms with Gasteiger partial charge in [0, 0.05) is 25.7 Å². The van der Waals surface area contributed by atoms with Crippen LogP contribution in [0.4, 0.5) is 11.9 Å². The Bertz CT molecular complexity index is 1050. The second-order valence-corrected chi connectivity index (χ2v) is 9.51. The van der Waals surface area contributed by atoms with Crippen molar-refractivity contribution < 1.29 is 4.74 Å². The van der Waals surface area contributed by atoms with E-state index in [2.05, 4.69) is 36.6 Å². The molecule has 1 unspecified atom stereocenters. The minimum absolute atomic E-state index is 0.0609. The molecular weight excluding hydrogens is 424 g/mol. The summed E-state index contributed by atoms with van der Waals surface area (Å²) >= 11 is 1.61. The topological polar surface area (TPSA) is 108 Å². The van der Waals surface area contributed by atoms with E-state index in [9.17, 15) is 0 Å². The summed E-state index contributed by atoms with van der Waals surface area (Å²) in [5.74, 6) is 3.12. The Labute approximate surface area is 192 Å². The molecule has 32 heavy (non-hydrogen) atoms. The zero-order chi connectivity index (χ0) is 22.7. The molecule has 1 aliphatic carbocycles. The summed E-state index contributed by atoms with van der Waals surface area (Å²) in [6, 6.07) is 8.38. The molecule has 1 aromatic carbocycles. The number of nitrogens with zero attached hydrogens (tertiary/aromatic N) is 7. The van der Waals surface area contributed by atoms with Crippen LogP contribution in [0.25, 0.3) is 11.4 Å². The van der Waals surface area contributed by atoms with Gasteiger partial charge in [0.25, 0.3) is 0 Å². The predicted molar refractivity (Wildman–Crippen MR) is 127 cm³/mol. The van der Waals surface area contributed by atoms with Crippen LogP contribution in [0.1, 0.15) is 56.1 Å². The van der Waals surface area contributed by atoms with Crippen LogP contribution in [0.5, 0.6) is 5.75 Å². The number of aromatic nitrogens is 6. The maximum Gasteiger partial charge on any atom is 0.229 e. The molecule has 0 saturated heterocycles. The quantitative estimate of drug-likeness (QED) is 0.527. The summed E-state index contributed by atoms with van der Waals surface area (Å²) in [4.78, 5) is 15.0. The molecule has 0 spiro atoms. The van der Waals surface area contributed by atoms with E-state index in [0.717, 1.165) is 35.1 Å². The molecular formula is C22H30N8OS. The van der Waals surface area contributed by atoms with Gasteiger partial charge in [0.15, 0.2) is 11.0 Å². The van der Waals surface area contributed by atoms with Gasteiger partial charge in [-0.25, -0.2) is 0 Å². The molecule has 0 aliphatic heterocycles. The number of hydrogen-bond donors (Lipinski definition) is 1. The Morgan fingerprint density at radius 2 is 1.78 bits per heavy atom. The molecule has 1 fully saturated rings. The van der Waals surface area contributed by atoms with Crippen LogP contribution >= 0.6 is 11.8 Å². The van der Waals surface area contributed by atoms with Crippen LogP contribution < -0.4 is 15.4 Å². The molecule has 1 atom stereocenters. The summed E-state index contributed by atoms with van der Waals surface area (Å²) < 4.78 is 7.62. The van der Waals surface area contributed by atoms with Crippen molar-refractivity contribution in [2.45, 2.75) is 55.5 Å². The lowest BCUT2D eigenvalue weighted by molar-refractivity contribution is 0.339. The third-order valence-corrected chi connectivity index (χ3v) is 6.71. The Kier molecular flexibility index (Phi) is 6.78. The van der Waals surface area contributed by atoms with Gasteiger partial charge in [-0.2, -0.15) is 15.0 Å². The second-order valence-electron chi connectivity index (χ2n) is 8.20. The van der Waals surface area contributed by atoms with E-state index in [1.165, 1.54) is 19.3 Å². The van der Waals surface area contributed by atoms with Gasteiger partial charge >= 0.3 is 0 Å². The van der Waals surface area contributed by atoms with Crippen LogP contribution in [0, 0.1) is 0 Å². The number of hydrogen-bond acceptors (Lipinski definition) is 9. The van der Waals surface area contributed by atoms with Crippen molar-refractivity contribution >= 4 is 23.7 Å². The fraction of sp³-hybridized carbons (Fsp3) is 0.500. The summed E-state index contributed by atoms with van der Waals surface area (Å²) in [5, 5.41) is 9.99. The van der Waals surface area contributed by atoms with Crippen LogP contribution in [-0.4, -0.2) is 50.9 Å². The third kappa shape index (κ3) is 4.79. The summed E-state index contributed by atoms with van der Waals surface area (Å²) in [6.07, 6.45) is 5.99. The van der Waals surface area contributed by atoms with Gasteiger partial charge in [0.05, 0.1) is 12.4 Å². The van der Waals surface area contributed by atoms with Crippen molar-refractivity contribution in [2.75, 3.05) is 31.8 Å². The van der Waals surface area contributed by atoms with Crippen molar-refractivity contribution in [3.63, 3.8) is 0 Å². The highest BCUT2D eigenvalue weighted by Gasteiger charge is 2.26. The maximum absolute atomic E-state index is 5.94. The average molecular weight is 455 g/mol. The Morgan fingerprint density at radius 3 is 2.44 bits per heavy atom. The van der Waals surface area contributed by atoms with Crippen molar-refractivity contribution in [2.24, 2.45) is 0 Å². The number of ether oxygens (including phenoxy) is 1. The summed E-state index contributed by atoms with van der Waals surface area (Å²) in [7, 11) is 5.44. The number of nitrogen functional groups attached to an aromatic ring is 1. The van der Waals surface area contributed by atoms with Crippen molar-refractivity contribution in [3.8, 4) is 17.1 Å². The molecule has 0 amide bonds. The number of methoxy groups -OCH3 is 1.